The fraction of sp³-hybridized carbons (Fsp3) is 0.467. The second kappa shape index (κ2) is 7.43. The molecule has 0 bridgehead atoms. The summed E-state index contributed by atoms with van der Waals surface area (Å²) in [4.78, 5) is 31.0. The number of hydrogen-bond donors (Lipinski definition) is 1. The Morgan fingerprint density at radius 3 is 2.76 bits per heavy atom. The van der Waals surface area contributed by atoms with Crippen molar-refractivity contribution in [2.45, 2.75) is 19.8 Å². The summed E-state index contributed by atoms with van der Waals surface area (Å²) >= 11 is 5.82. The number of nitrogens with one attached hydrogen (secondary N) is 1. The van der Waals surface area contributed by atoms with Crippen LogP contribution in [0.25, 0.3) is 0 Å². The zero-order chi connectivity index (χ0) is 15.2. The van der Waals surface area contributed by atoms with Gasteiger partial charge in [-0.1, -0.05) is 11.6 Å². The largest absolute Gasteiger partial charge is 0.338 e. The molecule has 0 unspecified atom stereocenters. The summed E-state index contributed by atoms with van der Waals surface area (Å²) in [5.74, 6) is -0.451. The highest BCUT2D eigenvalue weighted by atomic mass is 35.5. The molecular formula is C15H19ClN2O3. The Balaban J connectivity index is 1.98. The zero-order valence-electron chi connectivity index (χ0n) is 12.0. The summed E-state index contributed by atoms with van der Waals surface area (Å²) in [5.41, 5.74) is 3.00. The summed E-state index contributed by atoms with van der Waals surface area (Å²) in [6.07, 6.45) is 1.58. The Hall–Kier alpha value is -1.59. The summed E-state index contributed by atoms with van der Waals surface area (Å²) in [7, 11) is 0. The molecule has 1 aromatic carbocycles. The van der Waals surface area contributed by atoms with E-state index in [9.17, 15) is 9.59 Å². The number of hydrogen-bond acceptors (Lipinski definition) is 3. The summed E-state index contributed by atoms with van der Waals surface area (Å²) in [5, 5.41) is 0.596. The third-order valence-corrected chi connectivity index (χ3v) is 3.74. The number of piperidine rings is 1. The summed E-state index contributed by atoms with van der Waals surface area (Å²) in [6.45, 7) is 3.31. The van der Waals surface area contributed by atoms with Gasteiger partial charge in [0.1, 0.15) is 0 Å². The van der Waals surface area contributed by atoms with E-state index in [4.69, 9.17) is 16.4 Å². The van der Waals surface area contributed by atoms with Crippen LogP contribution in [-0.2, 0) is 9.63 Å². The van der Waals surface area contributed by atoms with Crippen LogP contribution in [0.3, 0.4) is 0 Å². The Labute approximate surface area is 129 Å². The quantitative estimate of drug-likeness (QED) is 0.868. The molecule has 21 heavy (non-hydrogen) atoms. The maximum atomic E-state index is 12.4. The van der Waals surface area contributed by atoms with Crippen LogP contribution >= 0.6 is 11.6 Å². The van der Waals surface area contributed by atoms with E-state index in [1.165, 1.54) is 0 Å². The maximum absolute atomic E-state index is 12.4. The third-order valence-electron chi connectivity index (χ3n) is 3.49. The van der Waals surface area contributed by atoms with Crippen LogP contribution in [0.4, 0.5) is 0 Å². The minimum absolute atomic E-state index is 0.0689. The molecule has 0 saturated carbocycles. The van der Waals surface area contributed by atoms with E-state index in [1.54, 1.807) is 36.1 Å². The van der Waals surface area contributed by atoms with E-state index in [0.29, 0.717) is 30.3 Å². The average molecular weight is 311 g/mol. The van der Waals surface area contributed by atoms with Crippen LogP contribution in [-0.4, -0.2) is 36.4 Å². The number of carbonyl (C=O) groups excluding carboxylic acids is 2. The lowest BCUT2D eigenvalue weighted by Gasteiger charge is -2.32. The van der Waals surface area contributed by atoms with E-state index in [0.717, 1.165) is 12.8 Å². The fourth-order valence-electron chi connectivity index (χ4n) is 2.38. The van der Waals surface area contributed by atoms with Crippen LogP contribution in [0, 0.1) is 5.92 Å². The highest BCUT2D eigenvalue weighted by molar-refractivity contribution is 6.30. The van der Waals surface area contributed by atoms with Crippen molar-refractivity contribution in [3.05, 3.63) is 34.9 Å². The molecule has 6 heteroatoms. The molecule has 1 aromatic rings. The monoisotopic (exact) mass is 310 g/mol. The lowest BCUT2D eigenvalue weighted by Crippen LogP contribution is -2.45. The van der Waals surface area contributed by atoms with Gasteiger partial charge < -0.3 is 4.90 Å². The number of likely N-dealkylation sites (tertiary alicyclic amines) is 1. The van der Waals surface area contributed by atoms with Crippen molar-refractivity contribution in [2.75, 3.05) is 19.7 Å². The molecule has 2 rings (SSSR count). The molecule has 114 valence electrons. The number of amides is 2. The summed E-state index contributed by atoms with van der Waals surface area (Å²) < 4.78 is 0. The van der Waals surface area contributed by atoms with Crippen LogP contribution in [0.15, 0.2) is 24.3 Å². The first-order valence-electron chi connectivity index (χ1n) is 7.08. The van der Waals surface area contributed by atoms with Crippen molar-refractivity contribution < 1.29 is 14.4 Å². The van der Waals surface area contributed by atoms with Gasteiger partial charge in [-0.2, -0.15) is 0 Å². The summed E-state index contributed by atoms with van der Waals surface area (Å²) in [6, 6.07) is 6.79. The zero-order valence-corrected chi connectivity index (χ0v) is 12.7. The first-order valence-corrected chi connectivity index (χ1v) is 7.46. The Morgan fingerprint density at radius 2 is 2.10 bits per heavy atom. The van der Waals surface area contributed by atoms with Gasteiger partial charge in [-0.3, -0.25) is 14.4 Å². The number of nitrogens with zero attached hydrogens (tertiary/aromatic N) is 1. The lowest BCUT2D eigenvalue weighted by molar-refractivity contribution is -0.138. The molecule has 1 saturated heterocycles. The van der Waals surface area contributed by atoms with Crippen molar-refractivity contribution in [2.24, 2.45) is 5.92 Å². The van der Waals surface area contributed by atoms with E-state index in [1.807, 2.05) is 0 Å². The predicted octanol–water partition coefficient (Wildman–Crippen LogP) is 2.26. The molecule has 0 radical (unpaired) electrons. The fourth-order valence-corrected chi connectivity index (χ4v) is 2.50. The van der Waals surface area contributed by atoms with Gasteiger partial charge in [0.2, 0.25) is 5.91 Å². The predicted molar refractivity (Wildman–Crippen MR) is 79.8 cm³/mol. The standard InChI is InChI=1S/C15H19ClN2O3/c1-2-21-17-14(19)12-4-3-9-18(10-12)15(20)11-5-7-13(16)8-6-11/h5-8,12H,2-4,9-10H2,1H3,(H,17,19)/t12-/m1/s1. The molecule has 1 atom stereocenters. The van der Waals surface area contributed by atoms with Crippen molar-refractivity contribution >= 4 is 23.4 Å². The van der Waals surface area contributed by atoms with Gasteiger partial charge in [-0.05, 0) is 44.0 Å². The average Bonchev–Trinajstić information content (AvgIpc) is 2.52. The van der Waals surface area contributed by atoms with Crippen LogP contribution in [0.5, 0.6) is 0 Å². The van der Waals surface area contributed by atoms with Gasteiger partial charge >= 0.3 is 0 Å². The van der Waals surface area contributed by atoms with Crippen molar-refractivity contribution in [3.8, 4) is 0 Å². The molecular weight excluding hydrogens is 292 g/mol. The molecule has 0 spiro atoms. The Morgan fingerprint density at radius 1 is 1.38 bits per heavy atom. The minimum Gasteiger partial charge on any atom is -0.338 e. The molecule has 2 amide bonds. The molecule has 1 N–H and O–H groups in total. The molecule has 0 aromatic heterocycles. The van der Waals surface area contributed by atoms with Crippen LogP contribution in [0.2, 0.25) is 5.02 Å². The van der Waals surface area contributed by atoms with Crippen molar-refractivity contribution in [1.82, 2.24) is 10.4 Å². The van der Waals surface area contributed by atoms with Crippen LogP contribution in [0.1, 0.15) is 30.1 Å². The van der Waals surface area contributed by atoms with Gasteiger partial charge in [0, 0.05) is 23.7 Å². The van der Waals surface area contributed by atoms with E-state index < -0.39 is 0 Å². The maximum Gasteiger partial charge on any atom is 0.253 e. The second-order valence-corrected chi connectivity index (χ2v) is 5.43. The molecule has 0 aliphatic carbocycles. The number of halogens is 1. The van der Waals surface area contributed by atoms with E-state index in [2.05, 4.69) is 5.48 Å². The highest BCUT2D eigenvalue weighted by Gasteiger charge is 2.29. The first kappa shape index (κ1) is 15.8. The number of rotatable bonds is 4. The second-order valence-electron chi connectivity index (χ2n) is 5.00. The van der Waals surface area contributed by atoms with Gasteiger partial charge in [0.25, 0.3) is 5.91 Å². The Kier molecular flexibility index (Phi) is 5.59. The number of carbonyl (C=O) groups is 2. The van der Waals surface area contributed by atoms with Crippen LogP contribution < -0.4 is 5.48 Å². The highest BCUT2D eigenvalue weighted by Crippen LogP contribution is 2.19. The molecule has 1 heterocycles. The normalized spacial score (nSPS) is 18.4. The van der Waals surface area contributed by atoms with Gasteiger partial charge in [-0.15, -0.1) is 0 Å². The number of benzene rings is 1. The topological polar surface area (TPSA) is 58.6 Å². The minimum atomic E-state index is -0.221. The molecule has 5 nitrogen and oxygen atoms in total. The SMILES string of the molecule is CCONC(=O)[C@@H]1CCCN(C(=O)c2ccc(Cl)cc2)C1. The third kappa shape index (κ3) is 4.19. The lowest BCUT2D eigenvalue weighted by atomic mass is 9.97. The molecule has 1 aliphatic rings. The first-order chi connectivity index (χ1) is 10.1. The number of hydroxylamine groups is 1. The molecule has 1 fully saturated rings. The van der Waals surface area contributed by atoms with Gasteiger partial charge in [-0.25, -0.2) is 5.48 Å². The smallest absolute Gasteiger partial charge is 0.253 e. The molecule has 1 aliphatic heterocycles. The van der Waals surface area contributed by atoms with E-state index >= 15 is 0 Å². The Bertz CT molecular complexity index is 504. The van der Waals surface area contributed by atoms with Gasteiger partial charge in [0.15, 0.2) is 0 Å². The van der Waals surface area contributed by atoms with Gasteiger partial charge in [0.05, 0.1) is 12.5 Å². The van der Waals surface area contributed by atoms with E-state index in [-0.39, 0.29) is 17.7 Å². The van der Waals surface area contributed by atoms with Crippen molar-refractivity contribution in [3.63, 3.8) is 0 Å². The van der Waals surface area contributed by atoms with Crippen molar-refractivity contribution in [1.29, 1.82) is 0 Å².